The van der Waals surface area contributed by atoms with Crippen LogP contribution in [0.25, 0.3) is 11.0 Å². The van der Waals surface area contributed by atoms with E-state index in [4.69, 9.17) is 4.98 Å². The number of hydrogen-bond acceptors (Lipinski definition) is 5. The van der Waals surface area contributed by atoms with E-state index in [1.54, 1.807) is 24.3 Å². The molecule has 0 spiro atoms. The van der Waals surface area contributed by atoms with Gasteiger partial charge in [0.2, 0.25) is 5.95 Å². The highest BCUT2D eigenvalue weighted by molar-refractivity contribution is 6.06. The molecule has 0 unspecified atom stereocenters. The van der Waals surface area contributed by atoms with E-state index < -0.39 is 0 Å². The van der Waals surface area contributed by atoms with Crippen molar-refractivity contribution in [3.63, 3.8) is 0 Å². The fraction of sp³-hybridized carbons (Fsp3) is 0.385. The number of nitrogens with zero attached hydrogens (tertiary/aromatic N) is 4. The fourth-order valence-electron chi connectivity index (χ4n) is 4.63. The number of fused-ring (bicyclic) bond motifs is 5. The average Bonchev–Trinajstić information content (AvgIpc) is 3.21. The number of aryl methyl sites for hydroxylation is 1. The van der Waals surface area contributed by atoms with Crippen LogP contribution in [0.15, 0.2) is 42.5 Å². The minimum absolute atomic E-state index is 0.00695. The summed E-state index contributed by atoms with van der Waals surface area (Å²) in [5.74, 6) is -0.0582. The molecule has 2 aliphatic heterocycles. The molecular formula is C26H30N6O3. The molecule has 0 saturated carbocycles. The SMILES string of the molecule is CN1CCN(C(=O)c2ccc3c(c2)nc2n3CCCCCNC(=O)c3cccc(c3)C(=O)N2)CC1. The summed E-state index contributed by atoms with van der Waals surface area (Å²) >= 11 is 0. The molecule has 3 amide bonds. The van der Waals surface area contributed by atoms with Gasteiger partial charge in [0.1, 0.15) is 0 Å². The predicted octanol–water partition coefficient (Wildman–Crippen LogP) is 2.59. The maximum Gasteiger partial charge on any atom is 0.257 e. The predicted molar refractivity (Wildman–Crippen MR) is 134 cm³/mol. The molecule has 2 aromatic carbocycles. The van der Waals surface area contributed by atoms with Crippen molar-refractivity contribution in [2.24, 2.45) is 0 Å². The zero-order valence-electron chi connectivity index (χ0n) is 19.9. The Labute approximate surface area is 204 Å². The topological polar surface area (TPSA) is 99.6 Å². The summed E-state index contributed by atoms with van der Waals surface area (Å²) in [7, 11) is 2.06. The second kappa shape index (κ2) is 9.87. The molecule has 1 saturated heterocycles. The summed E-state index contributed by atoms with van der Waals surface area (Å²) in [5.41, 5.74) is 3.00. The highest BCUT2D eigenvalue weighted by atomic mass is 16.2. The molecule has 3 heterocycles. The zero-order chi connectivity index (χ0) is 24.4. The van der Waals surface area contributed by atoms with Gasteiger partial charge in [-0.05, 0) is 62.7 Å². The number of amides is 3. The van der Waals surface area contributed by atoms with Crippen molar-refractivity contribution < 1.29 is 14.4 Å². The Bertz CT molecular complexity index is 1280. The highest BCUT2D eigenvalue weighted by Crippen LogP contribution is 2.24. The number of anilines is 1. The van der Waals surface area contributed by atoms with Gasteiger partial charge < -0.3 is 19.7 Å². The van der Waals surface area contributed by atoms with Crippen LogP contribution >= 0.6 is 0 Å². The minimum Gasteiger partial charge on any atom is -0.352 e. The van der Waals surface area contributed by atoms with Crippen LogP contribution in [0.2, 0.25) is 0 Å². The third kappa shape index (κ3) is 4.90. The number of piperazine rings is 1. The lowest BCUT2D eigenvalue weighted by atomic mass is 10.1. The van der Waals surface area contributed by atoms with Gasteiger partial charge in [0.25, 0.3) is 17.7 Å². The van der Waals surface area contributed by atoms with Gasteiger partial charge in [0, 0.05) is 56.0 Å². The molecule has 2 aliphatic rings. The standard InChI is InChI=1S/C26H30N6O3/c1-30-12-14-31(15-13-30)25(35)20-8-9-22-21(17-20)28-26-29-24(34)19-7-5-6-18(16-19)23(33)27-10-3-2-4-11-32(22)26/h5-9,16-17H,2-4,10-15H2,1H3,(H,27,33)(H,28,29,34). The van der Waals surface area contributed by atoms with Crippen molar-refractivity contribution in [2.45, 2.75) is 25.8 Å². The van der Waals surface area contributed by atoms with Crippen LogP contribution in [0.4, 0.5) is 5.95 Å². The molecule has 1 aromatic heterocycles. The summed E-state index contributed by atoms with van der Waals surface area (Å²) in [6, 6.07) is 12.3. The molecule has 9 nitrogen and oxygen atoms in total. The van der Waals surface area contributed by atoms with E-state index >= 15 is 0 Å². The molecule has 1 fully saturated rings. The monoisotopic (exact) mass is 474 g/mol. The second-order valence-corrected chi connectivity index (χ2v) is 9.24. The molecule has 35 heavy (non-hydrogen) atoms. The molecule has 182 valence electrons. The number of carbonyl (C=O) groups is 3. The lowest BCUT2D eigenvalue weighted by Crippen LogP contribution is -2.47. The Morgan fingerprint density at radius 1 is 0.886 bits per heavy atom. The van der Waals surface area contributed by atoms with Crippen molar-refractivity contribution in [1.82, 2.24) is 24.7 Å². The largest absolute Gasteiger partial charge is 0.352 e. The Morgan fingerprint density at radius 2 is 1.66 bits per heavy atom. The van der Waals surface area contributed by atoms with E-state index in [2.05, 4.69) is 22.6 Å². The first-order chi connectivity index (χ1) is 17.0. The Balaban J connectivity index is 1.47. The van der Waals surface area contributed by atoms with Gasteiger partial charge in [0.05, 0.1) is 11.0 Å². The molecule has 5 rings (SSSR count). The lowest BCUT2D eigenvalue weighted by Gasteiger charge is -2.32. The van der Waals surface area contributed by atoms with E-state index in [9.17, 15) is 14.4 Å². The number of hydrogen-bond donors (Lipinski definition) is 2. The molecular weight excluding hydrogens is 444 g/mol. The van der Waals surface area contributed by atoms with Crippen LogP contribution in [0.1, 0.15) is 50.3 Å². The number of carbonyl (C=O) groups excluding carboxylic acids is 3. The summed E-state index contributed by atoms with van der Waals surface area (Å²) in [5, 5.41) is 5.85. The van der Waals surface area contributed by atoms with Crippen LogP contribution in [-0.2, 0) is 6.54 Å². The molecule has 0 radical (unpaired) electrons. The minimum atomic E-state index is -0.331. The number of likely N-dealkylation sites (N-methyl/N-ethyl adjacent to an activating group) is 1. The summed E-state index contributed by atoms with van der Waals surface area (Å²) in [6.07, 6.45) is 2.66. The molecule has 0 aliphatic carbocycles. The van der Waals surface area contributed by atoms with Crippen LogP contribution in [0.3, 0.4) is 0 Å². The highest BCUT2D eigenvalue weighted by Gasteiger charge is 2.22. The zero-order valence-corrected chi connectivity index (χ0v) is 19.9. The van der Waals surface area contributed by atoms with Gasteiger partial charge in [-0.15, -0.1) is 0 Å². The van der Waals surface area contributed by atoms with Crippen LogP contribution in [-0.4, -0.2) is 76.8 Å². The Morgan fingerprint density at radius 3 is 2.46 bits per heavy atom. The molecule has 3 aromatic rings. The number of aromatic nitrogens is 2. The Kier molecular flexibility index (Phi) is 6.50. The first-order valence-electron chi connectivity index (χ1n) is 12.2. The van der Waals surface area contributed by atoms with Crippen LogP contribution < -0.4 is 10.6 Å². The van der Waals surface area contributed by atoms with Crippen molar-refractivity contribution in [3.05, 3.63) is 59.2 Å². The van der Waals surface area contributed by atoms with Crippen LogP contribution in [0.5, 0.6) is 0 Å². The average molecular weight is 475 g/mol. The van der Waals surface area contributed by atoms with Crippen molar-refractivity contribution >= 4 is 34.7 Å². The number of imidazole rings is 1. The van der Waals surface area contributed by atoms with Gasteiger partial charge in [-0.3, -0.25) is 19.7 Å². The normalized spacial score (nSPS) is 17.9. The van der Waals surface area contributed by atoms with E-state index in [1.807, 2.05) is 27.7 Å². The maximum atomic E-state index is 13.1. The third-order valence-corrected chi connectivity index (χ3v) is 6.74. The van der Waals surface area contributed by atoms with Gasteiger partial charge in [-0.2, -0.15) is 0 Å². The van der Waals surface area contributed by atoms with Crippen LogP contribution in [0, 0.1) is 0 Å². The van der Waals surface area contributed by atoms with E-state index in [0.717, 1.165) is 37.9 Å². The third-order valence-electron chi connectivity index (χ3n) is 6.74. The molecule has 2 N–H and O–H groups in total. The van der Waals surface area contributed by atoms with Crippen molar-refractivity contribution in [1.29, 1.82) is 0 Å². The number of rotatable bonds is 1. The quantitative estimate of drug-likeness (QED) is 0.565. The van der Waals surface area contributed by atoms with Gasteiger partial charge in [0.15, 0.2) is 0 Å². The molecule has 2 bridgehead atoms. The van der Waals surface area contributed by atoms with Gasteiger partial charge in [-0.1, -0.05) is 6.07 Å². The molecule has 0 atom stereocenters. The van der Waals surface area contributed by atoms with Crippen molar-refractivity contribution in [2.75, 3.05) is 45.1 Å². The summed E-state index contributed by atoms with van der Waals surface area (Å²) in [6.45, 7) is 4.40. The van der Waals surface area contributed by atoms with E-state index in [1.165, 1.54) is 0 Å². The number of benzene rings is 2. The van der Waals surface area contributed by atoms with Gasteiger partial charge in [-0.25, -0.2) is 4.98 Å². The lowest BCUT2D eigenvalue weighted by molar-refractivity contribution is 0.0664. The first kappa shape index (κ1) is 23.0. The van der Waals surface area contributed by atoms with E-state index in [-0.39, 0.29) is 17.7 Å². The fourth-order valence-corrected chi connectivity index (χ4v) is 4.63. The number of nitrogens with one attached hydrogen (secondary N) is 2. The maximum absolute atomic E-state index is 13.1. The summed E-state index contributed by atoms with van der Waals surface area (Å²) < 4.78 is 2.01. The first-order valence-corrected chi connectivity index (χ1v) is 12.2. The van der Waals surface area contributed by atoms with E-state index in [0.29, 0.717) is 54.3 Å². The Hall–Kier alpha value is -3.72. The van der Waals surface area contributed by atoms with Gasteiger partial charge >= 0.3 is 0 Å². The smallest absolute Gasteiger partial charge is 0.257 e. The summed E-state index contributed by atoms with van der Waals surface area (Å²) in [4.78, 5) is 47.3. The second-order valence-electron chi connectivity index (χ2n) is 9.24. The van der Waals surface area contributed by atoms with Crippen molar-refractivity contribution in [3.8, 4) is 0 Å². The molecule has 9 heteroatoms.